The van der Waals surface area contributed by atoms with Crippen molar-refractivity contribution in [3.05, 3.63) is 29.8 Å². The number of piperazine rings is 1. The first-order chi connectivity index (χ1) is 11.3. The van der Waals surface area contributed by atoms with Crippen LogP contribution in [0.2, 0.25) is 0 Å². The molecule has 1 heterocycles. The van der Waals surface area contributed by atoms with Crippen LogP contribution in [0.25, 0.3) is 0 Å². The highest BCUT2D eigenvalue weighted by Gasteiger charge is 2.26. The molecule has 2 rings (SSSR count). The molecule has 0 saturated carbocycles. The Balaban J connectivity index is 0.00000134. The molecule has 2 N–H and O–H groups in total. The molecule has 0 atom stereocenters. The third-order valence-electron chi connectivity index (χ3n) is 3.34. The molecule has 6 nitrogen and oxygen atoms in total. The first-order valence-corrected chi connectivity index (χ1v) is 8.59. The summed E-state index contributed by atoms with van der Waals surface area (Å²) in [6.45, 7) is 12.4. The fourth-order valence-corrected chi connectivity index (χ4v) is 2.33. The molecule has 6 heteroatoms. The van der Waals surface area contributed by atoms with Crippen molar-refractivity contribution >= 4 is 18.1 Å². The lowest BCUT2D eigenvalue weighted by molar-refractivity contribution is 0.0240. The van der Waals surface area contributed by atoms with Crippen molar-refractivity contribution in [2.75, 3.05) is 31.1 Å². The van der Waals surface area contributed by atoms with E-state index in [1.807, 2.05) is 45.0 Å². The minimum Gasteiger partial charge on any atom is -0.444 e. The van der Waals surface area contributed by atoms with E-state index >= 15 is 0 Å². The average molecular weight is 352 g/mol. The van der Waals surface area contributed by atoms with E-state index in [0.717, 1.165) is 12.0 Å². The maximum absolute atomic E-state index is 12.0. The van der Waals surface area contributed by atoms with Crippen LogP contribution in [0.4, 0.5) is 10.5 Å². The van der Waals surface area contributed by atoms with Crippen molar-refractivity contribution < 1.29 is 19.8 Å². The quantitative estimate of drug-likeness (QED) is 0.766. The Hall–Kier alpha value is -2.08. The summed E-state index contributed by atoms with van der Waals surface area (Å²) in [6, 6.07) is 7.52. The van der Waals surface area contributed by atoms with Crippen LogP contribution in [0, 0.1) is 0 Å². The minimum atomic E-state index is -0.474. The molecule has 1 saturated heterocycles. The summed E-state index contributed by atoms with van der Waals surface area (Å²) in [5, 5.41) is 0. The van der Waals surface area contributed by atoms with Crippen LogP contribution in [0.3, 0.4) is 0 Å². The summed E-state index contributed by atoms with van der Waals surface area (Å²) < 4.78 is 5.38. The zero-order chi connectivity index (χ0) is 18.2. The molecule has 1 aliphatic rings. The molecule has 1 aliphatic heterocycles. The van der Waals surface area contributed by atoms with Gasteiger partial charge in [0, 0.05) is 37.4 Å². The number of aldehydes is 1. The van der Waals surface area contributed by atoms with Gasteiger partial charge in [0.05, 0.1) is 0 Å². The molecule has 0 aliphatic carbocycles. The molecular weight excluding hydrogens is 320 g/mol. The molecule has 0 aromatic heterocycles. The van der Waals surface area contributed by atoms with Crippen molar-refractivity contribution in [1.29, 1.82) is 0 Å². The molecule has 1 amide bonds. The van der Waals surface area contributed by atoms with Crippen LogP contribution in [-0.2, 0) is 4.74 Å². The number of carbonyl (C=O) groups is 2. The number of hydrogen-bond acceptors (Lipinski definition) is 4. The monoisotopic (exact) mass is 352 g/mol. The van der Waals surface area contributed by atoms with Crippen LogP contribution in [-0.4, -0.2) is 54.5 Å². The molecule has 1 aromatic carbocycles. The van der Waals surface area contributed by atoms with Gasteiger partial charge in [0.2, 0.25) is 0 Å². The van der Waals surface area contributed by atoms with Crippen LogP contribution in [0.15, 0.2) is 24.3 Å². The average Bonchev–Trinajstić information content (AvgIpc) is 2.54. The van der Waals surface area contributed by atoms with Crippen molar-refractivity contribution in [2.24, 2.45) is 0 Å². The van der Waals surface area contributed by atoms with E-state index in [4.69, 9.17) is 4.74 Å². The lowest BCUT2D eigenvalue weighted by Crippen LogP contribution is -2.50. The lowest BCUT2D eigenvalue weighted by Gasteiger charge is -2.37. The maximum Gasteiger partial charge on any atom is 0.410 e. The normalized spacial score (nSPS) is 14.0. The predicted molar refractivity (Wildman–Crippen MR) is 101 cm³/mol. The van der Waals surface area contributed by atoms with Crippen LogP contribution in [0.1, 0.15) is 51.4 Å². The number of para-hydroxylation sites is 1. The Morgan fingerprint density at radius 2 is 1.64 bits per heavy atom. The molecule has 142 valence electrons. The number of hydrogen-bond donors (Lipinski definition) is 0. The van der Waals surface area contributed by atoms with Gasteiger partial charge in [-0.2, -0.15) is 0 Å². The number of amides is 1. The second-order valence-electron chi connectivity index (χ2n) is 6.84. The molecule has 1 aromatic rings. The third kappa shape index (κ3) is 7.56. The SMILES string of the molecule is CC(C)(C)OC(=O)N1CCN(c2ccccc2C=O)CC1.CCC.O. The van der Waals surface area contributed by atoms with Gasteiger partial charge in [-0.1, -0.05) is 32.4 Å². The summed E-state index contributed by atoms with van der Waals surface area (Å²) in [5.74, 6) is 0. The van der Waals surface area contributed by atoms with Gasteiger partial charge >= 0.3 is 6.09 Å². The van der Waals surface area contributed by atoms with Gasteiger partial charge in [0.15, 0.2) is 6.29 Å². The molecule has 0 radical (unpaired) electrons. The molecule has 0 unspecified atom stereocenters. The third-order valence-corrected chi connectivity index (χ3v) is 3.34. The number of nitrogens with zero attached hydrogens (tertiary/aromatic N) is 2. The molecule has 0 bridgehead atoms. The first kappa shape index (κ1) is 22.9. The minimum absolute atomic E-state index is 0. The van der Waals surface area contributed by atoms with E-state index in [2.05, 4.69) is 18.7 Å². The van der Waals surface area contributed by atoms with Crippen molar-refractivity contribution in [1.82, 2.24) is 4.90 Å². The van der Waals surface area contributed by atoms with Crippen LogP contribution >= 0.6 is 0 Å². The van der Waals surface area contributed by atoms with Gasteiger partial charge in [0.1, 0.15) is 5.60 Å². The molecule has 0 spiro atoms. The van der Waals surface area contributed by atoms with Gasteiger partial charge in [-0.3, -0.25) is 4.79 Å². The molecule has 25 heavy (non-hydrogen) atoms. The summed E-state index contributed by atoms with van der Waals surface area (Å²) in [4.78, 5) is 26.9. The van der Waals surface area contributed by atoms with E-state index in [9.17, 15) is 9.59 Å². The second kappa shape index (κ2) is 10.7. The van der Waals surface area contributed by atoms with Crippen molar-refractivity contribution in [3.8, 4) is 0 Å². The fraction of sp³-hybridized carbons (Fsp3) is 0.579. The largest absolute Gasteiger partial charge is 0.444 e. The number of rotatable bonds is 2. The highest BCUT2D eigenvalue weighted by Crippen LogP contribution is 2.21. The van der Waals surface area contributed by atoms with Crippen molar-refractivity contribution in [3.63, 3.8) is 0 Å². The predicted octanol–water partition coefficient (Wildman–Crippen LogP) is 3.15. The van der Waals surface area contributed by atoms with Gasteiger partial charge in [-0.05, 0) is 32.9 Å². The van der Waals surface area contributed by atoms with E-state index in [1.165, 1.54) is 6.42 Å². The smallest absolute Gasteiger partial charge is 0.410 e. The lowest BCUT2D eigenvalue weighted by atomic mass is 10.1. The summed E-state index contributed by atoms with van der Waals surface area (Å²) in [6.07, 6.45) is 1.85. The standard InChI is InChI=1S/C16H22N2O3.C3H8.H2O/c1-16(2,3)21-15(20)18-10-8-17(9-11-18)14-7-5-4-6-13(14)12-19;1-3-2;/h4-7,12H,8-11H2,1-3H3;3H2,1-2H3;1H2. The Morgan fingerprint density at radius 1 is 1.12 bits per heavy atom. The van der Waals surface area contributed by atoms with E-state index < -0.39 is 5.60 Å². The topological polar surface area (TPSA) is 81.3 Å². The Labute approximate surface area is 151 Å². The maximum atomic E-state index is 12.0. The molecular formula is C19H32N2O4. The number of anilines is 1. The Bertz CT molecular complexity index is 532. The first-order valence-electron chi connectivity index (χ1n) is 8.59. The van der Waals surface area contributed by atoms with Gasteiger partial charge in [0.25, 0.3) is 0 Å². The van der Waals surface area contributed by atoms with Crippen LogP contribution in [0.5, 0.6) is 0 Å². The number of ether oxygens (including phenoxy) is 1. The van der Waals surface area contributed by atoms with Gasteiger partial charge < -0.3 is 20.0 Å². The molecule has 1 fully saturated rings. The van der Waals surface area contributed by atoms with E-state index in [-0.39, 0.29) is 11.6 Å². The zero-order valence-corrected chi connectivity index (χ0v) is 16.0. The fourth-order valence-electron chi connectivity index (χ4n) is 2.33. The summed E-state index contributed by atoms with van der Waals surface area (Å²) >= 11 is 0. The van der Waals surface area contributed by atoms with E-state index in [1.54, 1.807) is 4.90 Å². The highest BCUT2D eigenvalue weighted by atomic mass is 16.6. The van der Waals surface area contributed by atoms with Gasteiger partial charge in [-0.15, -0.1) is 0 Å². The number of carbonyl (C=O) groups excluding carboxylic acids is 2. The Morgan fingerprint density at radius 3 is 2.12 bits per heavy atom. The highest BCUT2D eigenvalue weighted by molar-refractivity contribution is 5.84. The second-order valence-corrected chi connectivity index (χ2v) is 6.84. The summed E-state index contributed by atoms with van der Waals surface area (Å²) in [7, 11) is 0. The zero-order valence-electron chi connectivity index (χ0n) is 16.0. The van der Waals surface area contributed by atoms with Crippen LogP contribution < -0.4 is 4.90 Å². The van der Waals surface area contributed by atoms with E-state index in [0.29, 0.717) is 31.7 Å². The number of benzene rings is 1. The summed E-state index contributed by atoms with van der Waals surface area (Å²) in [5.41, 5.74) is 1.14. The van der Waals surface area contributed by atoms with Crippen molar-refractivity contribution in [2.45, 2.75) is 46.6 Å². The Kier molecular flexibility index (Phi) is 9.82. The van der Waals surface area contributed by atoms with Gasteiger partial charge in [-0.25, -0.2) is 4.79 Å².